The summed E-state index contributed by atoms with van der Waals surface area (Å²) in [5.74, 6) is 0. The molecule has 0 aromatic rings. The Morgan fingerprint density at radius 1 is 0.289 bits per heavy atom. The molecule has 0 aliphatic carbocycles. The van der Waals surface area contributed by atoms with E-state index in [1.54, 1.807) is 0 Å². The van der Waals surface area contributed by atoms with Crippen molar-refractivity contribution in [2.75, 3.05) is 12.3 Å². The number of hydrogen-bond donors (Lipinski definition) is 0. The van der Waals surface area contributed by atoms with E-state index in [1.807, 2.05) is 0 Å². The van der Waals surface area contributed by atoms with Crippen molar-refractivity contribution in [3.63, 3.8) is 0 Å². The molecule has 0 bridgehead atoms. The smallest absolute Gasteiger partial charge is 0.811 e. The van der Waals surface area contributed by atoms with E-state index in [4.69, 9.17) is 0 Å². The van der Waals surface area contributed by atoms with Gasteiger partial charge in [-0.25, -0.2) is 0 Å². The van der Waals surface area contributed by atoms with Crippen LogP contribution in [0.3, 0.4) is 0 Å². The van der Waals surface area contributed by atoms with Gasteiger partial charge in [-0.15, -0.1) is 0 Å². The minimum Gasteiger partial charge on any atom is -0.811 e. The average molecular weight is 761 g/mol. The van der Waals surface area contributed by atoms with E-state index in [-0.39, 0.29) is 33.4 Å². The Bertz CT molecular complexity index is 587. The van der Waals surface area contributed by atoms with Crippen LogP contribution >= 0.6 is 15.2 Å². The fourth-order valence-electron chi connectivity index (χ4n) is 5.71. The summed E-state index contributed by atoms with van der Waals surface area (Å²) in [6.45, 7) is 4.52. The van der Waals surface area contributed by atoms with Crippen LogP contribution < -0.4 is 19.6 Å². The van der Waals surface area contributed by atoms with Crippen molar-refractivity contribution >= 4 is 15.2 Å². The topological polar surface area (TPSA) is 126 Å². The molecule has 0 saturated heterocycles. The van der Waals surface area contributed by atoms with E-state index in [9.17, 15) is 28.7 Å². The van der Waals surface area contributed by atoms with Crippen LogP contribution in [0.25, 0.3) is 0 Å². The second-order valence-corrected chi connectivity index (χ2v) is 16.6. The maximum Gasteiger partial charge on any atom is 4.00 e. The summed E-state index contributed by atoms with van der Waals surface area (Å²) in [6, 6.07) is 0. The molecule has 0 atom stereocenters. The molecule has 9 heteroatoms. The van der Waals surface area contributed by atoms with Crippen LogP contribution in [0.15, 0.2) is 0 Å². The van der Waals surface area contributed by atoms with Gasteiger partial charge in [-0.05, 0) is 25.2 Å². The van der Waals surface area contributed by atoms with Crippen molar-refractivity contribution < 1.29 is 49.8 Å². The summed E-state index contributed by atoms with van der Waals surface area (Å²) in [7, 11) is -8.51. The van der Waals surface area contributed by atoms with Crippen LogP contribution in [-0.2, 0) is 30.2 Å². The normalized spacial score (nSPS) is 11.7. The fraction of sp³-hybridized carbons (Fsp3) is 1.00. The van der Waals surface area contributed by atoms with Crippen molar-refractivity contribution in [3.05, 3.63) is 0 Å². The Hall–Kier alpha value is 0.988. The van der Waals surface area contributed by atoms with Crippen LogP contribution in [0.4, 0.5) is 0 Å². The van der Waals surface area contributed by atoms with Crippen LogP contribution in [0.2, 0.25) is 0 Å². The van der Waals surface area contributed by atoms with Crippen LogP contribution in [0, 0.1) is 0 Å². The first-order valence-corrected chi connectivity index (χ1v) is 22.6. The molecule has 0 aromatic carbocycles. The van der Waals surface area contributed by atoms with E-state index in [0.717, 1.165) is 25.7 Å². The van der Waals surface area contributed by atoms with Crippen molar-refractivity contribution in [1.29, 1.82) is 0 Å². The van der Waals surface area contributed by atoms with Gasteiger partial charge in [0.05, 0.1) is 0 Å². The summed E-state index contributed by atoms with van der Waals surface area (Å²) in [6.07, 6.45) is 39.9. The molecule has 0 amide bonds. The van der Waals surface area contributed by atoms with Crippen molar-refractivity contribution in [1.82, 2.24) is 0 Å². The molecule has 0 aliphatic heterocycles. The van der Waals surface area contributed by atoms with Gasteiger partial charge in [0.25, 0.3) is 0 Å². The van der Waals surface area contributed by atoms with E-state index >= 15 is 0 Å². The molecular weight excluding hydrogens is 686 g/mol. The predicted molar refractivity (Wildman–Crippen MR) is 184 cm³/mol. The Morgan fingerprint density at radius 3 is 0.556 bits per heavy atom. The predicted octanol–water partition coefficient (Wildman–Crippen LogP) is 10.3. The minimum absolute atomic E-state index is 0. The first kappa shape index (κ1) is 50.4. The van der Waals surface area contributed by atoms with Crippen molar-refractivity contribution in [2.45, 2.75) is 219 Å². The maximum atomic E-state index is 10.5. The second kappa shape index (κ2) is 39.4. The molecule has 0 spiro atoms. The largest absolute Gasteiger partial charge is 4.00 e. The molecule has 0 rings (SSSR count). The van der Waals surface area contributed by atoms with Gasteiger partial charge in [-0.3, -0.25) is 0 Å². The molecule has 0 unspecified atom stereocenters. The maximum absolute atomic E-state index is 10.5. The molecule has 0 saturated carbocycles. The van der Waals surface area contributed by atoms with Gasteiger partial charge in [0.2, 0.25) is 0 Å². The number of rotatable bonds is 34. The van der Waals surface area contributed by atoms with E-state index < -0.39 is 15.2 Å². The molecule has 45 heavy (non-hydrogen) atoms. The van der Waals surface area contributed by atoms with E-state index in [2.05, 4.69) is 13.8 Å². The standard InChI is InChI=1S/2C18H39O3P.Mo/c2*1-2-3-4-5-6-7-8-9-10-11-12-13-14-15-16-17-18-22(19,20)21;/h2*2-18H2,1H3,(H2,19,20,21);/q;;+4/p-4. The van der Waals surface area contributed by atoms with Crippen LogP contribution in [-0.4, -0.2) is 12.3 Å². The molecule has 270 valence electrons. The van der Waals surface area contributed by atoms with Gasteiger partial charge >= 0.3 is 21.1 Å². The van der Waals surface area contributed by atoms with Gasteiger partial charge in [-0.1, -0.05) is 222 Å². The number of hydrogen-bond acceptors (Lipinski definition) is 6. The van der Waals surface area contributed by atoms with Gasteiger partial charge < -0.3 is 28.7 Å². The van der Waals surface area contributed by atoms with Gasteiger partial charge in [0, 0.05) is 0 Å². The Balaban J connectivity index is -0.000000767. The second-order valence-electron chi connectivity index (χ2n) is 13.3. The summed E-state index contributed by atoms with van der Waals surface area (Å²) >= 11 is 0. The molecule has 0 fully saturated rings. The molecule has 0 aromatic heterocycles. The number of unbranched alkanes of at least 4 members (excludes halogenated alkanes) is 30. The fourth-order valence-corrected chi connectivity index (χ4v) is 6.93. The molecule has 0 aliphatic rings. The zero-order valence-corrected chi connectivity index (χ0v) is 33.6. The van der Waals surface area contributed by atoms with E-state index in [1.165, 1.54) is 167 Å². The van der Waals surface area contributed by atoms with Gasteiger partial charge in [0.1, 0.15) is 0 Å². The quantitative estimate of drug-likeness (QED) is 0.0365. The molecule has 0 N–H and O–H groups in total. The SMILES string of the molecule is CCCCCCCCCCCCCCCCCCP(=O)([O-])[O-].CCCCCCCCCCCCCCCCCCP(=O)([O-])[O-].[Mo+4]. The Labute approximate surface area is 295 Å². The van der Waals surface area contributed by atoms with Crippen LogP contribution in [0.1, 0.15) is 219 Å². The summed E-state index contributed by atoms with van der Waals surface area (Å²) < 4.78 is 20.9. The summed E-state index contributed by atoms with van der Waals surface area (Å²) in [5.41, 5.74) is 0. The monoisotopic (exact) mass is 762 g/mol. The van der Waals surface area contributed by atoms with E-state index in [0.29, 0.717) is 12.8 Å². The zero-order chi connectivity index (χ0) is 33.0. The average Bonchev–Trinajstić information content (AvgIpc) is 2.96. The Morgan fingerprint density at radius 2 is 0.422 bits per heavy atom. The third-order valence-electron chi connectivity index (χ3n) is 8.57. The molecular formula is C36H74MoO6P2. The van der Waals surface area contributed by atoms with Crippen molar-refractivity contribution in [2.24, 2.45) is 0 Å². The first-order valence-electron chi connectivity index (χ1n) is 19.1. The first-order chi connectivity index (χ1) is 21.1. The van der Waals surface area contributed by atoms with Gasteiger partial charge in [-0.2, -0.15) is 0 Å². The van der Waals surface area contributed by atoms with Crippen LogP contribution in [0.5, 0.6) is 0 Å². The molecule has 0 heterocycles. The zero-order valence-electron chi connectivity index (χ0n) is 29.8. The summed E-state index contributed by atoms with van der Waals surface area (Å²) in [5, 5.41) is 0. The minimum atomic E-state index is -4.25. The molecule has 0 radical (unpaired) electrons. The molecule has 6 nitrogen and oxygen atoms in total. The van der Waals surface area contributed by atoms with Gasteiger partial charge in [0.15, 0.2) is 0 Å². The third kappa shape index (κ3) is 54.7. The van der Waals surface area contributed by atoms with Crippen molar-refractivity contribution in [3.8, 4) is 0 Å². The summed E-state index contributed by atoms with van der Waals surface area (Å²) in [4.78, 5) is 41.8. The Kier molecular flexibility index (Phi) is 44.1. The third-order valence-corrected chi connectivity index (χ3v) is 10.3.